The monoisotopic (exact) mass is 322 g/mol. The Bertz CT molecular complexity index is 488. The van der Waals surface area contributed by atoms with Crippen LogP contribution in [0.4, 0.5) is 4.39 Å². The minimum absolute atomic E-state index is 0.0346. The van der Waals surface area contributed by atoms with Crippen molar-refractivity contribution < 1.29 is 14.3 Å². The van der Waals surface area contributed by atoms with E-state index < -0.39 is 11.9 Å². The van der Waals surface area contributed by atoms with Crippen LogP contribution in [0.15, 0.2) is 24.3 Å². The van der Waals surface area contributed by atoms with Gasteiger partial charge < -0.3 is 15.3 Å². The van der Waals surface area contributed by atoms with Gasteiger partial charge in [-0.15, -0.1) is 0 Å². The van der Waals surface area contributed by atoms with Gasteiger partial charge in [-0.3, -0.25) is 4.79 Å². The highest BCUT2D eigenvalue weighted by Crippen LogP contribution is 2.17. The molecule has 1 aliphatic heterocycles. The van der Waals surface area contributed by atoms with Gasteiger partial charge in [-0.2, -0.15) is 0 Å². The number of hydrogen-bond acceptors (Lipinski definition) is 3. The van der Waals surface area contributed by atoms with Crippen LogP contribution in [0.2, 0.25) is 0 Å². The lowest BCUT2D eigenvalue weighted by Gasteiger charge is -2.19. The number of hydrogen-bond donors (Lipinski definition) is 2. The number of aliphatic hydroxyl groups excluding tert-OH is 1. The van der Waals surface area contributed by atoms with Gasteiger partial charge >= 0.3 is 0 Å². The van der Waals surface area contributed by atoms with Gasteiger partial charge in [-0.05, 0) is 56.6 Å². The molecule has 1 atom stereocenters. The number of benzene rings is 1. The topological polar surface area (TPSA) is 52.6 Å². The third-order valence-corrected chi connectivity index (χ3v) is 4.28. The molecule has 5 heteroatoms. The first-order valence-corrected chi connectivity index (χ1v) is 8.58. The number of carbonyl (C=O) groups is 1. The van der Waals surface area contributed by atoms with Gasteiger partial charge in [0.15, 0.2) is 0 Å². The molecule has 1 amide bonds. The van der Waals surface area contributed by atoms with E-state index in [1.54, 1.807) is 6.07 Å². The van der Waals surface area contributed by atoms with Crippen molar-refractivity contribution in [2.24, 2.45) is 0 Å². The van der Waals surface area contributed by atoms with Gasteiger partial charge in [0, 0.05) is 6.54 Å². The summed E-state index contributed by atoms with van der Waals surface area (Å²) >= 11 is 0. The molecule has 1 fully saturated rings. The summed E-state index contributed by atoms with van der Waals surface area (Å²) in [5.41, 5.74) is 0.435. The molecule has 128 valence electrons. The summed E-state index contributed by atoms with van der Waals surface area (Å²) in [5, 5.41) is 12.8. The molecular formula is C18H27FN2O2. The fraction of sp³-hybridized carbons (Fsp3) is 0.611. The first kappa shape index (κ1) is 17.9. The lowest BCUT2D eigenvalue weighted by atomic mass is 10.1. The molecule has 1 aliphatic rings. The number of nitrogens with one attached hydrogen (secondary N) is 1. The number of amides is 1. The van der Waals surface area contributed by atoms with Crippen molar-refractivity contribution >= 4 is 5.91 Å². The minimum Gasteiger partial charge on any atom is -0.388 e. The van der Waals surface area contributed by atoms with Crippen molar-refractivity contribution in [3.05, 3.63) is 35.6 Å². The van der Waals surface area contributed by atoms with Gasteiger partial charge in [-0.25, -0.2) is 4.39 Å². The van der Waals surface area contributed by atoms with E-state index in [0.29, 0.717) is 12.1 Å². The number of rotatable bonds is 7. The maximum atomic E-state index is 13.1. The average Bonchev–Trinajstić information content (AvgIpc) is 2.80. The van der Waals surface area contributed by atoms with Crippen LogP contribution in [-0.4, -0.2) is 42.1 Å². The summed E-state index contributed by atoms with van der Waals surface area (Å²) in [6, 6.07) is 5.74. The summed E-state index contributed by atoms with van der Waals surface area (Å²) in [6.45, 7) is 3.94. The Morgan fingerprint density at radius 2 is 2.00 bits per heavy atom. The molecule has 1 aromatic carbocycles. The fourth-order valence-electron chi connectivity index (χ4n) is 2.97. The SMILES string of the molecule is O=C(CC(O)c1cccc(F)c1)NCCCN1CCCCCC1. The van der Waals surface area contributed by atoms with Gasteiger partial charge in [0.25, 0.3) is 0 Å². The molecule has 0 saturated carbocycles. The van der Waals surface area contributed by atoms with Crippen LogP contribution in [0, 0.1) is 5.82 Å². The van der Waals surface area contributed by atoms with Crippen molar-refractivity contribution in [2.75, 3.05) is 26.2 Å². The second kappa shape index (κ2) is 9.63. The highest BCUT2D eigenvalue weighted by molar-refractivity contribution is 5.76. The number of halogens is 1. The molecule has 1 aromatic rings. The van der Waals surface area contributed by atoms with Crippen molar-refractivity contribution in [1.29, 1.82) is 0 Å². The molecule has 2 N–H and O–H groups in total. The zero-order chi connectivity index (χ0) is 16.5. The Labute approximate surface area is 137 Å². The molecule has 4 nitrogen and oxygen atoms in total. The van der Waals surface area contributed by atoms with Crippen molar-refractivity contribution in [3.8, 4) is 0 Å². The molecule has 0 aliphatic carbocycles. The van der Waals surface area contributed by atoms with Crippen LogP contribution in [0.5, 0.6) is 0 Å². The highest BCUT2D eigenvalue weighted by Gasteiger charge is 2.13. The third-order valence-electron chi connectivity index (χ3n) is 4.28. The molecular weight excluding hydrogens is 295 g/mol. The van der Waals surface area contributed by atoms with Gasteiger partial charge in [-0.1, -0.05) is 25.0 Å². The quantitative estimate of drug-likeness (QED) is 0.759. The zero-order valence-electron chi connectivity index (χ0n) is 13.6. The van der Waals surface area contributed by atoms with Gasteiger partial charge in [0.1, 0.15) is 5.82 Å². The van der Waals surface area contributed by atoms with E-state index in [9.17, 15) is 14.3 Å². The molecule has 1 heterocycles. The molecule has 1 saturated heterocycles. The molecule has 0 spiro atoms. The fourth-order valence-corrected chi connectivity index (χ4v) is 2.97. The van der Waals surface area contributed by atoms with Crippen molar-refractivity contribution in [2.45, 2.75) is 44.6 Å². The summed E-state index contributed by atoms with van der Waals surface area (Å²) in [6.07, 6.45) is 5.11. The molecule has 0 aromatic heterocycles. The van der Waals surface area contributed by atoms with E-state index in [4.69, 9.17) is 0 Å². The molecule has 0 bridgehead atoms. The number of nitrogens with zero attached hydrogens (tertiary/aromatic N) is 1. The number of likely N-dealkylation sites (tertiary alicyclic amines) is 1. The third kappa shape index (κ3) is 6.67. The van der Waals surface area contributed by atoms with Crippen molar-refractivity contribution in [3.63, 3.8) is 0 Å². The van der Waals surface area contributed by atoms with Crippen LogP contribution in [0.3, 0.4) is 0 Å². The zero-order valence-corrected chi connectivity index (χ0v) is 13.6. The summed E-state index contributed by atoms with van der Waals surface area (Å²) in [7, 11) is 0. The Morgan fingerprint density at radius 1 is 1.26 bits per heavy atom. The first-order chi connectivity index (χ1) is 11.1. The largest absolute Gasteiger partial charge is 0.388 e. The Morgan fingerprint density at radius 3 is 2.70 bits per heavy atom. The van der Waals surface area contributed by atoms with Crippen LogP contribution in [0.25, 0.3) is 0 Å². The summed E-state index contributed by atoms with van der Waals surface area (Å²) in [4.78, 5) is 14.3. The standard InChI is InChI=1S/C18H27FN2O2/c19-16-8-5-7-15(13-16)17(22)14-18(23)20-9-6-12-21-10-3-1-2-4-11-21/h5,7-8,13,17,22H,1-4,6,9-12,14H2,(H,20,23). The molecule has 1 unspecified atom stereocenters. The Hall–Kier alpha value is -1.46. The highest BCUT2D eigenvalue weighted by atomic mass is 19.1. The average molecular weight is 322 g/mol. The smallest absolute Gasteiger partial charge is 0.222 e. The molecule has 2 rings (SSSR count). The summed E-state index contributed by atoms with van der Waals surface area (Å²) < 4.78 is 13.1. The minimum atomic E-state index is -0.962. The van der Waals surface area contributed by atoms with E-state index in [1.165, 1.54) is 43.9 Å². The predicted molar refractivity (Wildman–Crippen MR) is 88.5 cm³/mol. The second-order valence-electron chi connectivity index (χ2n) is 6.23. The maximum absolute atomic E-state index is 13.1. The normalized spacial score (nSPS) is 17.5. The number of aliphatic hydroxyl groups is 1. The van der Waals surface area contributed by atoms with E-state index in [0.717, 1.165) is 26.1 Å². The lowest BCUT2D eigenvalue weighted by Crippen LogP contribution is -2.31. The van der Waals surface area contributed by atoms with Crippen molar-refractivity contribution in [1.82, 2.24) is 10.2 Å². The van der Waals surface area contributed by atoms with Gasteiger partial charge in [0.05, 0.1) is 12.5 Å². The van der Waals surface area contributed by atoms with E-state index in [2.05, 4.69) is 10.2 Å². The van der Waals surface area contributed by atoms with E-state index in [1.807, 2.05) is 0 Å². The summed E-state index contributed by atoms with van der Waals surface area (Å²) in [5.74, 6) is -0.600. The Kier molecular flexibility index (Phi) is 7.49. The van der Waals surface area contributed by atoms with Gasteiger partial charge in [0.2, 0.25) is 5.91 Å². The van der Waals surface area contributed by atoms with E-state index >= 15 is 0 Å². The predicted octanol–water partition coefficient (Wildman–Crippen LogP) is 2.63. The lowest BCUT2D eigenvalue weighted by molar-refractivity contribution is -0.123. The number of carbonyl (C=O) groups excluding carboxylic acids is 1. The van der Waals surface area contributed by atoms with E-state index in [-0.39, 0.29) is 12.3 Å². The van der Waals surface area contributed by atoms with Crippen LogP contribution < -0.4 is 5.32 Å². The molecule has 23 heavy (non-hydrogen) atoms. The Balaban J connectivity index is 1.62. The van der Waals surface area contributed by atoms with Crippen LogP contribution >= 0.6 is 0 Å². The first-order valence-electron chi connectivity index (χ1n) is 8.58. The second-order valence-corrected chi connectivity index (χ2v) is 6.23. The molecule has 0 radical (unpaired) electrons. The van der Waals surface area contributed by atoms with Crippen LogP contribution in [0.1, 0.15) is 50.2 Å². The maximum Gasteiger partial charge on any atom is 0.222 e. The van der Waals surface area contributed by atoms with Crippen LogP contribution in [-0.2, 0) is 4.79 Å².